The average molecular weight is 717 g/mol. The van der Waals surface area contributed by atoms with Gasteiger partial charge in [0.05, 0.1) is 23.2 Å². The van der Waals surface area contributed by atoms with Crippen molar-refractivity contribution >= 4 is 23.9 Å². The van der Waals surface area contributed by atoms with Gasteiger partial charge in [0, 0.05) is 11.8 Å². The molecule has 52 heavy (non-hydrogen) atoms. The van der Waals surface area contributed by atoms with E-state index < -0.39 is 23.4 Å². The van der Waals surface area contributed by atoms with Crippen LogP contribution in [0.3, 0.4) is 0 Å². The SMILES string of the molecule is CCC(CC(CC(C)(C)C(=O)OC1CC2CC1C1C3CCC(C3)C21)C(=O)OC1CC2CC1C1C3CCC(C3)C21)C(=O)OC1C2CC3C(=O)OC1C3C2. The summed E-state index contributed by atoms with van der Waals surface area (Å²) in [7, 11) is 0. The van der Waals surface area contributed by atoms with Gasteiger partial charge in [-0.15, -0.1) is 0 Å². The molecule has 11 fully saturated rings. The number of carbonyl (C=O) groups excluding carboxylic acids is 4. The van der Waals surface area contributed by atoms with Crippen molar-refractivity contribution in [3.05, 3.63) is 0 Å². The van der Waals surface area contributed by atoms with Gasteiger partial charge in [-0.25, -0.2) is 0 Å². The second-order valence-corrected chi connectivity index (χ2v) is 21.1. The van der Waals surface area contributed by atoms with E-state index in [0.717, 1.165) is 67.1 Å². The summed E-state index contributed by atoms with van der Waals surface area (Å²) in [5, 5.41) is 0. The molecule has 0 aromatic heterocycles. The van der Waals surface area contributed by atoms with Gasteiger partial charge >= 0.3 is 23.9 Å². The molecule has 8 heteroatoms. The van der Waals surface area contributed by atoms with E-state index in [4.69, 9.17) is 18.9 Å². The number of ether oxygens (including phenoxy) is 4. The van der Waals surface area contributed by atoms with Crippen LogP contribution in [0.25, 0.3) is 0 Å². The highest BCUT2D eigenvalue weighted by Crippen LogP contribution is 2.69. The molecular formula is C44H60O8. The van der Waals surface area contributed by atoms with E-state index in [-0.39, 0.29) is 66.4 Å². The van der Waals surface area contributed by atoms with Crippen molar-refractivity contribution in [2.24, 2.45) is 106 Å². The molecule has 284 valence electrons. The van der Waals surface area contributed by atoms with Gasteiger partial charge in [0.25, 0.3) is 0 Å². The summed E-state index contributed by atoms with van der Waals surface area (Å²) in [5.74, 6) is 7.15. The van der Waals surface area contributed by atoms with Crippen LogP contribution in [-0.4, -0.2) is 48.3 Å². The summed E-state index contributed by atoms with van der Waals surface area (Å²) < 4.78 is 24.9. The van der Waals surface area contributed by atoms with Crippen LogP contribution in [0.15, 0.2) is 0 Å². The molecule has 10 aliphatic carbocycles. The minimum absolute atomic E-state index is 0.00380. The van der Waals surface area contributed by atoms with Gasteiger partial charge in [-0.2, -0.15) is 0 Å². The van der Waals surface area contributed by atoms with Crippen LogP contribution < -0.4 is 0 Å². The van der Waals surface area contributed by atoms with E-state index in [9.17, 15) is 19.2 Å². The molecule has 10 saturated carbocycles. The van der Waals surface area contributed by atoms with E-state index in [1.54, 1.807) is 0 Å². The Morgan fingerprint density at radius 1 is 0.654 bits per heavy atom. The quantitative estimate of drug-likeness (QED) is 0.126. The molecule has 0 N–H and O–H groups in total. The van der Waals surface area contributed by atoms with Gasteiger partial charge in [-0.1, -0.05) is 6.92 Å². The molecule has 21 unspecified atom stereocenters. The smallest absolute Gasteiger partial charge is 0.311 e. The zero-order chi connectivity index (χ0) is 35.4. The predicted molar refractivity (Wildman–Crippen MR) is 188 cm³/mol. The summed E-state index contributed by atoms with van der Waals surface area (Å²) in [5.41, 5.74) is -0.899. The minimum atomic E-state index is -0.899. The van der Waals surface area contributed by atoms with Crippen LogP contribution in [0.2, 0.25) is 0 Å². The molecule has 0 spiro atoms. The highest BCUT2D eigenvalue weighted by molar-refractivity contribution is 5.80. The van der Waals surface area contributed by atoms with Crippen molar-refractivity contribution in [2.45, 2.75) is 141 Å². The highest BCUT2D eigenvalue weighted by atomic mass is 16.6. The molecule has 1 aliphatic heterocycles. The summed E-state index contributed by atoms with van der Waals surface area (Å²) >= 11 is 0. The number of hydrogen-bond donors (Lipinski definition) is 0. The number of hydrogen-bond acceptors (Lipinski definition) is 8. The fourth-order valence-corrected chi connectivity index (χ4v) is 16.9. The molecule has 8 nitrogen and oxygen atoms in total. The third kappa shape index (κ3) is 4.75. The fraction of sp³-hybridized carbons (Fsp3) is 0.909. The molecule has 1 saturated heterocycles. The van der Waals surface area contributed by atoms with E-state index >= 15 is 0 Å². The molecule has 10 bridgehead atoms. The van der Waals surface area contributed by atoms with Gasteiger partial charge in [-0.3, -0.25) is 19.2 Å². The maximum Gasteiger partial charge on any atom is 0.311 e. The van der Waals surface area contributed by atoms with E-state index in [1.165, 1.54) is 51.4 Å². The van der Waals surface area contributed by atoms with E-state index in [0.29, 0.717) is 42.4 Å². The number of fused-ring (bicyclic) bond motifs is 19. The lowest BCUT2D eigenvalue weighted by Gasteiger charge is -2.40. The third-order valence-electron chi connectivity index (χ3n) is 18.6. The normalized spacial score (nSPS) is 51.5. The van der Waals surface area contributed by atoms with Crippen molar-refractivity contribution in [3.63, 3.8) is 0 Å². The van der Waals surface area contributed by atoms with Crippen molar-refractivity contribution in [3.8, 4) is 0 Å². The second-order valence-electron chi connectivity index (χ2n) is 21.1. The first-order chi connectivity index (χ1) is 25.1. The number of carbonyl (C=O) groups is 4. The van der Waals surface area contributed by atoms with Crippen LogP contribution in [0.5, 0.6) is 0 Å². The Morgan fingerprint density at radius 2 is 1.21 bits per heavy atom. The number of rotatable bonds is 11. The van der Waals surface area contributed by atoms with Crippen molar-refractivity contribution in [1.29, 1.82) is 0 Å². The van der Waals surface area contributed by atoms with E-state index in [1.807, 2.05) is 20.8 Å². The lowest BCUT2D eigenvalue weighted by atomic mass is 9.70. The molecule has 0 amide bonds. The Labute approximate surface area is 308 Å². The van der Waals surface area contributed by atoms with Crippen LogP contribution in [-0.2, 0) is 38.1 Å². The van der Waals surface area contributed by atoms with Gasteiger partial charge in [-0.05, 0) is 181 Å². The topological polar surface area (TPSA) is 105 Å². The first-order valence-corrected chi connectivity index (χ1v) is 21.9. The van der Waals surface area contributed by atoms with Crippen molar-refractivity contribution < 1.29 is 38.1 Å². The van der Waals surface area contributed by atoms with Gasteiger partial charge < -0.3 is 18.9 Å². The summed E-state index contributed by atoms with van der Waals surface area (Å²) in [4.78, 5) is 54.9. The summed E-state index contributed by atoms with van der Waals surface area (Å²) in [6, 6.07) is 0. The molecule has 11 rings (SSSR count). The Kier molecular flexibility index (Phi) is 7.48. The van der Waals surface area contributed by atoms with Crippen LogP contribution in [0.4, 0.5) is 0 Å². The minimum Gasteiger partial charge on any atom is -0.462 e. The lowest BCUT2D eigenvalue weighted by molar-refractivity contribution is -0.171. The van der Waals surface area contributed by atoms with Crippen LogP contribution in [0.1, 0.15) is 117 Å². The highest BCUT2D eigenvalue weighted by Gasteiger charge is 2.66. The molecule has 0 radical (unpaired) electrons. The largest absolute Gasteiger partial charge is 0.462 e. The lowest BCUT2D eigenvalue weighted by Crippen LogP contribution is -2.42. The third-order valence-corrected chi connectivity index (χ3v) is 18.6. The Balaban J connectivity index is 0.793. The standard InChI is InChI=1S/C44H60O8/c1-4-19(40(45)51-38-26-14-28-29(15-26)42(47)52-39(28)38)9-27(41(46)49-32-16-24-12-30(32)36-22-7-5-20(10-22)34(24)36)18-44(2,3)43(48)50-33-17-25-13-31(33)37-23-8-6-21(11-23)35(25)37/h19-39H,4-18H2,1-3H3. The monoisotopic (exact) mass is 716 g/mol. The molecule has 11 aliphatic rings. The molecular weight excluding hydrogens is 656 g/mol. The molecule has 0 aromatic rings. The first kappa shape index (κ1) is 33.2. The first-order valence-electron chi connectivity index (χ1n) is 21.9. The Morgan fingerprint density at radius 3 is 1.83 bits per heavy atom. The molecule has 21 atom stereocenters. The predicted octanol–water partition coefficient (Wildman–Crippen LogP) is 7.16. The van der Waals surface area contributed by atoms with Crippen molar-refractivity contribution in [2.75, 3.05) is 0 Å². The van der Waals surface area contributed by atoms with Crippen LogP contribution >= 0.6 is 0 Å². The Hall–Kier alpha value is -2.12. The number of esters is 4. The molecule has 0 aromatic carbocycles. The van der Waals surface area contributed by atoms with Crippen LogP contribution in [0, 0.1) is 106 Å². The molecule has 1 heterocycles. The Bertz CT molecular complexity index is 1540. The van der Waals surface area contributed by atoms with E-state index in [2.05, 4.69) is 0 Å². The summed E-state index contributed by atoms with van der Waals surface area (Å²) in [6.07, 6.45) is 14.5. The zero-order valence-electron chi connectivity index (χ0n) is 31.5. The second kappa shape index (κ2) is 11.7. The maximum absolute atomic E-state index is 14.5. The van der Waals surface area contributed by atoms with Crippen molar-refractivity contribution in [1.82, 2.24) is 0 Å². The maximum atomic E-state index is 14.5. The average Bonchev–Trinajstić information content (AvgIpc) is 3.96. The zero-order valence-corrected chi connectivity index (χ0v) is 31.5. The summed E-state index contributed by atoms with van der Waals surface area (Å²) in [6.45, 7) is 5.84. The van der Waals surface area contributed by atoms with Gasteiger partial charge in [0.1, 0.15) is 24.4 Å². The van der Waals surface area contributed by atoms with Gasteiger partial charge in [0.2, 0.25) is 0 Å². The van der Waals surface area contributed by atoms with Gasteiger partial charge in [0.15, 0.2) is 0 Å². The fourth-order valence-electron chi connectivity index (χ4n) is 16.9.